The third kappa shape index (κ3) is 2.86. The van der Waals surface area contributed by atoms with E-state index in [1.165, 1.54) is 12.8 Å². The van der Waals surface area contributed by atoms with Crippen molar-refractivity contribution in [2.75, 3.05) is 6.61 Å². The first-order chi connectivity index (χ1) is 10.1. The van der Waals surface area contributed by atoms with Gasteiger partial charge in [-0.3, -0.25) is 0 Å². The van der Waals surface area contributed by atoms with Crippen molar-refractivity contribution < 1.29 is 4.74 Å². The van der Waals surface area contributed by atoms with Gasteiger partial charge in [0, 0.05) is 24.6 Å². The smallest absolute Gasteiger partial charge is 0.143 e. The summed E-state index contributed by atoms with van der Waals surface area (Å²) in [7, 11) is 0. The number of aromatic nitrogens is 3. The van der Waals surface area contributed by atoms with Crippen molar-refractivity contribution in [2.45, 2.75) is 77.6 Å². The van der Waals surface area contributed by atoms with Gasteiger partial charge in [0.2, 0.25) is 0 Å². The zero-order valence-electron chi connectivity index (χ0n) is 13.5. The van der Waals surface area contributed by atoms with E-state index in [1.54, 1.807) is 6.33 Å². The van der Waals surface area contributed by atoms with Crippen LogP contribution >= 0.6 is 0 Å². The van der Waals surface area contributed by atoms with E-state index < -0.39 is 0 Å². The Labute approximate surface area is 127 Å². The van der Waals surface area contributed by atoms with Gasteiger partial charge in [-0.05, 0) is 25.7 Å². The van der Waals surface area contributed by atoms with Gasteiger partial charge in [-0.25, -0.2) is 9.67 Å². The zero-order chi connectivity index (χ0) is 14.9. The van der Waals surface area contributed by atoms with Gasteiger partial charge >= 0.3 is 0 Å². The second-order valence-electron chi connectivity index (χ2n) is 7.03. The molecule has 1 aromatic rings. The van der Waals surface area contributed by atoms with E-state index in [2.05, 4.69) is 36.2 Å². The highest BCUT2D eigenvalue weighted by atomic mass is 16.5. The standard InChI is InChI=1S/C16H28N4O/c1-4-5-9-21-14-10-13(16(14,2)3)19-12-7-6-8-20-15(12)17-11-18-20/h11-14,19H,4-10H2,1-3H3/t12-,13+,14+/m0/s1. The highest BCUT2D eigenvalue weighted by Gasteiger charge is 2.49. The van der Waals surface area contributed by atoms with Crippen LogP contribution in [-0.4, -0.2) is 33.5 Å². The Hall–Kier alpha value is -0.940. The van der Waals surface area contributed by atoms with Gasteiger partial charge in [0.15, 0.2) is 0 Å². The summed E-state index contributed by atoms with van der Waals surface area (Å²) in [4.78, 5) is 4.44. The third-order valence-electron chi connectivity index (χ3n) is 5.22. The maximum Gasteiger partial charge on any atom is 0.143 e. The quantitative estimate of drug-likeness (QED) is 0.819. The molecule has 2 heterocycles. The molecule has 1 aromatic heterocycles. The van der Waals surface area contributed by atoms with E-state index in [-0.39, 0.29) is 5.41 Å². The van der Waals surface area contributed by atoms with Gasteiger partial charge in [0.25, 0.3) is 0 Å². The van der Waals surface area contributed by atoms with Crippen LogP contribution in [-0.2, 0) is 11.3 Å². The molecule has 2 aliphatic rings. The van der Waals surface area contributed by atoms with Crippen LogP contribution in [0.1, 0.15) is 64.7 Å². The second kappa shape index (κ2) is 6.05. The largest absolute Gasteiger partial charge is 0.378 e. The molecular formula is C16H28N4O. The number of nitrogens with one attached hydrogen (secondary N) is 1. The molecule has 0 bridgehead atoms. The van der Waals surface area contributed by atoms with E-state index in [0.717, 1.165) is 38.2 Å². The van der Waals surface area contributed by atoms with Gasteiger partial charge in [0.1, 0.15) is 12.2 Å². The zero-order valence-corrected chi connectivity index (χ0v) is 13.5. The van der Waals surface area contributed by atoms with E-state index in [1.807, 2.05) is 4.68 Å². The first kappa shape index (κ1) is 15.0. The lowest BCUT2D eigenvalue weighted by atomic mass is 9.64. The van der Waals surface area contributed by atoms with E-state index >= 15 is 0 Å². The highest BCUT2D eigenvalue weighted by Crippen LogP contribution is 2.44. The van der Waals surface area contributed by atoms with Crippen LogP contribution in [0.2, 0.25) is 0 Å². The molecular weight excluding hydrogens is 264 g/mol. The van der Waals surface area contributed by atoms with Crippen LogP contribution in [0.15, 0.2) is 6.33 Å². The molecule has 5 nitrogen and oxygen atoms in total. The average Bonchev–Trinajstić information content (AvgIpc) is 2.94. The molecule has 1 N–H and O–H groups in total. The predicted octanol–water partition coefficient (Wildman–Crippen LogP) is 2.69. The summed E-state index contributed by atoms with van der Waals surface area (Å²) < 4.78 is 8.08. The molecule has 0 amide bonds. The lowest BCUT2D eigenvalue weighted by Crippen LogP contribution is -2.61. The van der Waals surface area contributed by atoms with E-state index in [0.29, 0.717) is 18.2 Å². The minimum Gasteiger partial charge on any atom is -0.378 e. The van der Waals surface area contributed by atoms with Gasteiger partial charge in [-0.2, -0.15) is 5.10 Å². The molecule has 1 aliphatic carbocycles. The Bertz CT molecular complexity index is 471. The van der Waals surface area contributed by atoms with E-state index in [4.69, 9.17) is 4.74 Å². The summed E-state index contributed by atoms with van der Waals surface area (Å²) in [5.41, 5.74) is 0.204. The van der Waals surface area contributed by atoms with E-state index in [9.17, 15) is 0 Å². The topological polar surface area (TPSA) is 52.0 Å². The number of ether oxygens (including phenoxy) is 1. The highest BCUT2D eigenvalue weighted by molar-refractivity contribution is 5.07. The van der Waals surface area contributed by atoms with Crippen molar-refractivity contribution in [3.8, 4) is 0 Å². The summed E-state index contributed by atoms with van der Waals surface area (Å²) in [6.07, 6.45) is 7.88. The lowest BCUT2D eigenvalue weighted by Gasteiger charge is -2.53. The number of aryl methyl sites for hydroxylation is 1. The number of hydrogen-bond donors (Lipinski definition) is 1. The van der Waals surface area contributed by atoms with Crippen molar-refractivity contribution in [3.63, 3.8) is 0 Å². The minimum absolute atomic E-state index is 0.204. The maximum atomic E-state index is 6.03. The summed E-state index contributed by atoms with van der Waals surface area (Å²) in [5, 5.41) is 8.11. The molecule has 5 heteroatoms. The average molecular weight is 292 g/mol. The Morgan fingerprint density at radius 2 is 2.33 bits per heavy atom. The first-order valence-corrected chi connectivity index (χ1v) is 8.38. The fourth-order valence-corrected chi connectivity index (χ4v) is 3.51. The van der Waals surface area contributed by atoms with Gasteiger partial charge in [0.05, 0.1) is 12.1 Å². The Morgan fingerprint density at radius 1 is 1.48 bits per heavy atom. The maximum absolute atomic E-state index is 6.03. The van der Waals surface area contributed by atoms with Crippen LogP contribution in [0.4, 0.5) is 0 Å². The Kier molecular flexibility index (Phi) is 4.31. The molecule has 21 heavy (non-hydrogen) atoms. The second-order valence-corrected chi connectivity index (χ2v) is 7.03. The molecule has 118 valence electrons. The molecule has 0 unspecified atom stereocenters. The summed E-state index contributed by atoms with van der Waals surface area (Å²) in [5.74, 6) is 1.10. The van der Waals surface area contributed by atoms with Crippen molar-refractivity contribution in [1.29, 1.82) is 0 Å². The first-order valence-electron chi connectivity index (χ1n) is 8.38. The molecule has 1 fully saturated rings. The third-order valence-corrected chi connectivity index (χ3v) is 5.22. The number of hydrogen-bond acceptors (Lipinski definition) is 4. The van der Waals surface area contributed by atoms with Crippen molar-refractivity contribution in [2.24, 2.45) is 5.41 Å². The van der Waals surface area contributed by atoms with Crippen LogP contribution in [0.25, 0.3) is 0 Å². The fraction of sp³-hybridized carbons (Fsp3) is 0.875. The number of nitrogens with zero attached hydrogens (tertiary/aromatic N) is 3. The van der Waals surface area contributed by atoms with Crippen LogP contribution in [0, 0.1) is 5.41 Å². The number of rotatable bonds is 6. The van der Waals surface area contributed by atoms with Crippen molar-refractivity contribution in [1.82, 2.24) is 20.1 Å². The van der Waals surface area contributed by atoms with Gasteiger partial charge < -0.3 is 10.1 Å². The monoisotopic (exact) mass is 292 g/mol. The summed E-state index contributed by atoms with van der Waals surface area (Å²) >= 11 is 0. The SMILES string of the molecule is CCCCO[C@@H]1C[C@@H](N[C@H]2CCCn3ncnc32)C1(C)C. The molecule has 1 aliphatic heterocycles. The van der Waals surface area contributed by atoms with Crippen molar-refractivity contribution in [3.05, 3.63) is 12.2 Å². The molecule has 0 saturated heterocycles. The van der Waals surface area contributed by atoms with Gasteiger partial charge in [-0.15, -0.1) is 0 Å². The van der Waals surface area contributed by atoms with Crippen LogP contribution in [0.5, 0.6) is 0 Å². The molecule has 0 spiro atoms. The Morgan fingerprint density at radius 3 is 3.10 bits per heavy atom. The number of unbranched alkanes of at least 4 members (excludes halogenated alkanes) is 1. The van der Waals surface area contributed by atoms with Crippen LogP contribution < -0.4 is 5.32 Å². The molecule has 0 radical (unpaired) electrons. The number of fused-ring (bicyclic) bond motifs is 1. The summed E-state index contributed by atoms with van der Waals surface area (Å²) in [6, 6.07) is 0.861. The Balaban J connectivity index is 1.56. The normalized spacial score (nSPS) is 30.7. The fourth-order valence-electron chi connectivity index (χ4n) is 3.51. The van der Waals surface area contributed by atoms with Crippen molar-refractivity contribution >= 4 is 0 Å². The molecule has 0 aromatic carbocycles. The predicted molar refractivity (Wildman–Crippen MR) is 82.0 cm³/mol. The van der Waals surface area contributed by atoms with Crippen LogP contribution in [0.3, 0.4) is 0 Å². The summed E-state index contributed by atoms with van der Waals surface area (Å²) in [6.45, 7) is 8.74. The molecule has 1 saturated carbocycles. The minimum atomic E-state index is 0.204. The van der Waals surface area contributed by atoms with Gasteiger partial charge in [-0.1, -0.05) is 27.2 Å². The lowest BCUT2D eigenvalue weighted by molar-refractivity contribution is -0.121. The molecule has 3 rings (SSSR count). The molecule has 3 atom stereocenters.